The largest absolute Gasteiger partial charge is 0.456 e. The van der Waals surface area contributed by atoms with E-state index in [1.807, 2.05) is 0 Å². The van der Waals surface area contributed by atoms with E-state index < -0.39 is 45.7 Å². The highest BCUT2D eigenvalue weighted by Crippen LogP contribution is 2.37. The van der Waals surface area contributed by atoms with Crippen molar-refractivity contribution in [3.63, 3.8) is 0 Å². The summed E-state index contributed by atoms with van der Waals surface area (Å²) in [7, 11) is 0. The molecule has 168 valence electrons. The van der Waals surface area contributed by atoms with Gasteiger partial charge in [-0.1, -0.05) is 25.4 Å². The van der Waals surface area contributed by atoms with Crippen LogP contribution in [0.2, 0.25) is 5.02 Å². The molecule has 1 N–H and O–H groups in total. The number of aliphatic hydroxyl groups excluding tert-OH is 1. The maximum absolute atomic E-state index is 12.8. The number of carbonyl (C=O) groups excluding carboxylic acids is 1. The smallest absolute Gasteiger partial charge is 0.416 e. The number of carbonyl (C=O) groups is 1. The summed E-state index contributed by atoms with van der Waals surface area (Å²) in [5.74, 6) is -0.959. The number of benzene rings is 2. The number of Topliss-reactive ketones (excluding diaryl/α,β-unsaturated/α-hetero) is 1. The number of nitro groups is 1. The first kappa shape index (κ1) is 24.8. The van der Waals surface area contributed by atoms with Crippen LogP contribution in [0.15, 0.2) is 42.0 Å². The Bertz CT molecular complexity index is 1140. The Morgan fingerprint density at radius 3 is 2.44 bits per heavy atom. The van der Waals surface area contributed by atoms with Gasteiger partial charge in [0.25, 0.3) is 5.69 Å². The van der Waals surface area contributed by atoms with Crippen molar-refractivity contribution in [2.45, 2.75) is 20.0 Å². The summed E-state index contributed by atoms with van der Waals surface area (Å²) < 4.78 is 43.7. The molecule has 2 rings (SSSR count). The topological polar surface area (TPSA) is 113 Å². The summed E-state index contributed by atoms with van der Waals surface area (Å²) in [6, 6.07) is 7.53. The van der Waals surface area contributed by atoms with Crippen LogP contribution in [0.4, 0.5) is 18.9 Å². The molecule has 0 aromatic heterocycles. The van der Waals surface area contributed by atoms with Crippen LogP contribution in [-0.4, -0.2) is 22.4 Å². The third-order valence-corrected chi connectivity index (χ3v) is 4.66. The number of allylic oxidation sites excluding steroid dienone is 1. The minimum atomic E-state index is -4.60. The molecule has 0 heterocycles. The van der Waals surface area contributed by atoms with Gasteiger partial charge in [0, 0.05) is 0 Å². The van der Waals surface area contributed by atoms with Gasteiger partial charge in [-0.3, -0.25) is 14.9 Å². The van der Waals surface area contributed by atoms with Crippen LogP contribution in [0.5, 0.6) is 11.5 Å². The molecular formula is C21H16ClF3N2O5. The predicted molar refractivity (Wildman–Crippen MR) is 109 cm³/mol. The van der Waals surface area contributed by atoms with Crippen LogP contribution in [0.3, 0.4) is 0 Å². The van der Waals surface area contributed by atoms with Crippen molar-refractivity contribution in [3.05, 3.63) is 68.2 Å². The van der Waals surface area contributed by atoms with Gasteiger partial charge in [-0.2, -0.15) is 18.4 Å². The lowest BCUT2D eigenvalue weighted by Crippen LogP contribution is -2.29. The summed E-state index contributed by atoms with van der Waals surface area (Å²) in [5, 5.41) is 29.8. The van der Waals surface area contributed by atoms with Gasteiger partial charge in [-0.05, 0) is 36.4 Å². The van der Waals surface area contributed by atoms with Crippen LogP contribution in [0.25, 0.3) is 6.08 Å². The summed E-state index contributed by atoms with van der Waals surface area (Å²) >= 11 is 5.84. The number of ether oxygens (including phenoxy) is 1. The lowest BCUT2D eigenvalue weighted by molar-refractivity contribution is -0.385. The number of halogens is 4. The van der Waals surface area contributed by atoms with E-state index in [1.165, 1.54) is 26.0 Å². The fraction of sp³-hybridized carbons (Fsp3) is 0.238. The predicted octanol–water partition coefficient (Wildman–Crippen LogP) is 5.55. The molecule has 0 aliphatic heterocycles. The number of alkyl halides is 3. The molecule has 32 heavy (non-hydrogen) atoms. The van der Waals surface area contributed by atoms with E-state index in [4.69, 9.17) is 16.3 Å². The molecule has 11 heteroatoms. The third-order valence-electron chi connectivity index (χ3n) is 4.36. The van der Waals surface area contributed by atoms with Gasteiger partial charge in [0.2, 0.25) is 0 Å². The Balaban J connectivity index is 2.44. The molecule has 2 aromatic carbocycles. The lowest BCUT2D eigenvalue weighted by atomic mass is 9.84. The number of rotatable bonds is 7. The second kappa shape index (κ2) is 9.38. The molecule has 0 amide bonds. The monoisotopic (exact) mass is 468 g/mol. The highest BCUT2D eigenvalue weighted by Gasteiger charge is 2.32. The molecule has 0 fully saturated rings. The highest BCUT2D eigenvalue weighted by atomic mass is 35.5. The first-order valence-electron chi connectivity index (χ1n) is 8.90. The van der Waals surface area contributed by atoms with E-state index >= 15 is 0 Å². The second-order valence-corrected chi connectivity index (χ2v) is 7.67. The summed E-state index contributed by atoms with van der Waals surface area (Å²) in [6.45, 7) is 2.30. The Morgan fingerprint density at radius 2 is 1.94 bits per heavy atom. The van der Waals surface area contributed by atoms with Crippen LogP contribution in [-0.2, 0) is 11.0 Å². The van der Waals surface area contributed by atoms with Crippen LogP contribution in [0.1, 0.15) is 25.0 Å². The van der Waals surface area contributed by atoms with E-state index in [1.54, 1.807) is 6.07 Å². The first-order chi connectivity index (χ1) is 14.8. The van der Waals surface area contributed by atoms with Gasteiger partial charge in [-0.15, -0.1) is 0 Å². The zero-order valence-electron chi connectivity index (χ0n) is 16.7. The van der Waals surface area contributed by atoms with Crippen molar-refractivity contribution in [1.82, 2.24) is 0 Å². The number of nitrogens with zero attached hydrogens (tertiary/aromatic N) is 2. The molecule has 0 spiro atoms. The number of aliphatic hydroxyl groups is 1. The Morgan fingerprint density at radius 1 is 1.28 bits per heavy atom. The molecule has 2 aromatic rings. The average Bonchev–Trinajstić information content (AvgIpc) is 2.72. The van der Waals surface area contributed by atoms with Gasteiger partial charge in [0.05, 0.1) is 44.7 Å². The van der Waals surface area contributed by atoms with E-state index in [0.29, 0.717) is 6.07 Å². The number of hydrogen-bond acceptors (Lipinski definition) is 6. The molecular weight excluding hydrogens is 453 g/mol. The number of hydrogen-bond donors (Lipinski definition) is 1. The summed E-state index contributed by atoms with van der Waals surface area (Å²) in [6.07, 6.45) is -3.58. The summed E-state index contributed by atoms with van der Waals surface area (Å²) in [5.41, 5.74) is -3.25. The van der Waals surface area contributed by atoms with E-state index in [-0.39, 0.29) is 22.1 Å². The Hall–Kier alpha value is -3.42. The molecule has 0 saturated heterocycles. The van der Waals surface area contributed by atoms with Gasteiger partial charge in [-0.25, -0.2) is 0 Å². The molecule has 0 saturated carbocycles. The van der Waals surface area contributed by atoms with Crippen LogP contribution < -0.4 is 4.74 Å². The van der Waals surface area contributed by atoms with Crippen LogP contribution in [0, 0.1) is 26.9 Å². The van der Waals surface area contributed by atoms with E-state index in [9.17, 15) is 38.4 Å². The quantitative estimate of drug-likeness (QED) is 0.246. The van der Waals surface area contributed by atoms with Crippen molar-refractivity contribution in [1.29, 1.82) is 5.26 Å². The van der Waals surface area contributed by atoms with Crippen molar-refractivity contribution >= 4 is 29.1 Å². The normalized spacial score (nSPS) is 12.2. The Kier molecular flexibility index (Phi) is 7.28. The fourth-order valence-electron chi connectivity index (χ4n) is 2.49. The second-order valence-electron chi connectivity index (χ2n) is 7.26. The minimum absolute atomic E-state index is 0.0838. The minimum Gasteiger partial charge on any atom is -0.456 e. The number of ketones is 1. The van der Waals surface area contributed by atoms with Crippen LogP contribution >= 0.6 is 11.6 Å². The molecule has 0 bridgehead atoms. The van der Waals surface area contributed by atoms with Crippen molar-refractivity contribution < 1.29 is 32.7 Å². The molecule has 0 unspecified atom stereocenters. The zero-order chi connectivity index (χ0) is 24.3. The van der Waals surface area contributed by atoms with Gasteiger partial charge >= 0.3 is 6.18 Å². The average molecular weight is 469 g/mol. The maximum Gasteiger partial charge on any atom is 0.416 e. The van der Waals surface area contributed by atoms with Gasteiger partial charge in [0.1, 0.15) is 17.6 Å². The zero-order valence-corrected chi connectivity index (χ0v) is 17.5. The Labute approximate surface area is 185 Å². The van der Waals surface area contributed by atoms with Crippen molar-refractivity contribution in [3.8, 4) is 17.6 Å². The number of nitriles is 1. The molecule has 7 nitrogen and oxygen atoms in total. The molecule has 0 aliphatic carbocycles. The number of nitro benzene ring substituents is 1. The SMILES string of the molecule is CC(C)(CO)C(=O)C(C#N)=Cc1ccc(Oc2ccc(C(F)(F)F)cc2Cl)cc1[N+](=O)[O-]. The lowest BCUT2D eigenvalue weighted by Gasteiger charge is -2.18. The van der Waals surface area contributed by atoms with Gasteiger partial charge < -0.3 is 9.84 Å². The fourth-order valence-corrected chi connectivity index (χ4v) is 2.71. The molecule has 0 atom stereocenters. The van der Waals surface area contributed by atoms with E-state index in [2.05, 4.69) is 0 Å². The van der Waals surface area contributed by atoms with Crippen molar-refractivity contribution in [2.75, 3.05) is 6.61 Å². The van der Waals surface area contributed by atoms with E-state index in [0.717, 1.165) is 24.3 Å². The summed E-state index contributed by atoms with van der Waals surface area (Å²) in [4.78, 5) is 23.1. The molecule has 0 aliphatic rings. The standard InChI is InChI=1S/C21H16ClF3N2O5/c1-20(2,11-28)19(29)13(10-26)7-12-3-5-15(9-17(12)27(30)31)32-18-6-4-14(8-16(18)22)21(23,24)25/h3-9,28H,11H2,1-2H3. The van der Waals surface area contributed by atoms with Crippen molar-refractivity contribution in [2.24, 2.45) is 5.41 Å². The maximum atomic E-state index is 12.8. The van der Waals surface area contributed by atoms with Gasteiger partial charge in [0.15, 0.2) is 5.78 Å². The molecule has 0 radical (unpaired) electrons. The third kappa shape index (κ3) is 5.63. The first-order valence-corrected chi connectivity index (χ1v) is 9.28. The highest BCUT2D eigenvalue weighted by molar-refractivity contribution is 6.32.